The van der Waals surface area contributed by atoms with Crippen LogP contribution in [0.15, 0.2) is 30.5 Å². The molecular formula is C37H54N10O14. The molecule has 2 heterocycles. The number of aromatic amines is 1. The third-order valence-electron chi connectivity index (χ3n) is 9.83. The van der Waals surface area contributed by atoms with Gasteiger partial charge in [0.05, 0.1) is 31.8 Å². The Morgan fingerprint density at radius 2 is 1.34 bits per heavy atom. The van der Waals surface area contributed by atoms with Crippen LogP contribution in [0.1, 0.15) is 39.2 Å². The van der Waals surface area contributed by atoms with E-state index < -0.39 is 140 Å². The molecule has 0 saturated carbocycles. The smallest absolute Gasteiger partial charge is 0.328 e. The highest BCUT2D eigenvalue weighted by atomic mass is 16.4. The van der Waals surface area contributed by atoms with E-state index in [0.29, 0.717) is 16.5 Å². The van der Waals surface area contributed by atoms with Gasteiger partial charge in [0.2, 0.25) is 47.3 Å². The van der Waals surface area contributed by atoms with E-state index in [1.807, 2.05) is 0 Å². The van der Waals surface area contributed by atoms with Gasteiger partial charge in [-0.1, -0.05) is 25.1 Å². The van der Waals surface area contributed by atoms with Gasteiger partial charge >= 0.3 is 5.97 Å². The number of fused-ring (bicyclic) bond motifs is 1. The van der Waals surface area contributed by atoms with Gasteiger partial charge in [-0.15, -0.1) is 0 Å². The number of aromatic nitrogens is 1. The number of likely N-dealkylation sites (tertiary alicyclic amines) is 1. The molecule has 24 nitrogen and oxygen atoms in total. The van der Waals surface area contributed by atoms with Crippen molar-refractivity contribution in [1.29, 1.82) is 0 Å². The number of carboxylic acid groups (broad SMARTS) is 1. The molecule has 3 rings (SSSR count). The summed E-state index contributed by atoms with van der Waals surface area (Å²) < 4.78 is 0. The number of para-hydroxylation sites is 1. The first kappa shape index (κ1) is 49.2. The third kappa shape index (κ3) is 13.4. The van der Waals surface area contributed by atoms with E-state index in [-0.39, 0.29) is 19.4 Å². The standard InChI is InChI=1S/C37H54N10O14/c1-16(13-48)29(35(58)43-23(31(54)45-26(15-50)37(60)61)8-19-11-40-22-7-5-4-6-21(19)22)46-33(56)25(14-49)44-32(55)24(10-28(39)52)42-30(53)18(3)41-34(57)27-9-20(51)12-47(27)36(59)17(2)38/h4-7,11,16-18,20,23-27,29,40,48-51H,8-10,12-15,38H2,1-3H3,(H2,39,52)(H,41,57)(H,42,53)(H,43,58)(H,44,55)(H,45,54)(H,46,56)(H,60,61)/t16-,17+,18+,20-,23+,24+,25+,26+,27+,29-/m1/s1. The Morgan fingerprint density at radius 1 is 0.770 bits per heavy atom. The topological polar surface area (TPSA) is 398 Å². The Kier molecular flexibility index (Phi) is 18.1. The molecule has 0 unspecified atom stereocenters. The third-order valence-corrected chi connectivity index (χ3v) is 9.83. The number of nitrogens with two attached hydrogens (primary N) is 2. The number of amides is 8. The molecular weight excluding hydrogens is 808 g/mol. The number of primary amides is 1. The lowest BCUT2D eigenvalue weighted by atomic mass is 9.99. The lowest BCUT2D eigenvalue weighted by Crippen LogP contribution is -2.62. The van der Waals surface area contributed by atoms with E-state index in [9.17, 15) is 68.7 Å². The SMILES string of the molecule is C[C@H](N)C(=O)N1C[C@H](O)C[C@H]1C(=O)N[C@@H](C)C(=O)N[C@@H](CC(N)=O)C(=O)N[C@@H](CO)C(=O)N[C@@H](C(=O)N[C@@H](Cc1c[nH]c2ccccc12)C(=O)N[C@@H](CO)C(=O)O)[C@H](C)CO. The summed E-state index contributed by atoms with van der Waals surface area (Å²) in [5.41, 5.74) is 12.2. The van der Waals surface area contributed by atoms with Crippen LogP contribution in [0.25, 0.3) is 10.9 Å². The Labute approximate surface area is 348 Å². The minimum absolute atomic E-state index is 0.145. The van der Waals surface area contributed by atoms with Crippen molar-refractivity contribution in [2.24, 2.45) is 17.4 Å². The lowest BCUT2D eigenvalue weighted by molar-refractivity contribution is -0.143. The van der Waals surface area contributed by atoms with E-state index in [2.05, 4.69) is 36.9 Å². The number of β-amino-alcohol motifs (C(OH)–C–C–N with tert-alkyl or cyclic N) is 1. The molecule has 0 spiro atoms. The second-order valence-electron chi connectivity index (χ2n) is 14.7. The Bertz CT molecular complexity index is 1940. The summed E-state index contributed by atoms with van der Waals surface area (Å²) in [4.78, 5) is 120. The number of aliphatic hydroxyl groups excluding tert-OH is 4. The molecule has 1 saturated heterocycles. The van der Waals surface area contributed by atoms with E-state index in [1.54, 1.807) is 30.5 Å². The molecule has 8 amide bonds. The number of carboxylic acids is 1. The fourth-order valence-electron chi connectivity index (χ4n) is 6.39. The average molecular weight is 863 g/mol. The zero-order valence-electron chi connectivity index (χ0n) is 33.6. The molecule has 1 aliphatic rings. The monoisotopic (exact) mass is 862 g/mol. The van der Waals surface area contributed by atoms with Gasteiger partial charge in [-0.05, 0) is 25.5 Å². The summed E-state index contributed by atoms with van der Waals surface area (Å²) in [6.07, 6.45) is -0.656. The predicted molar refractivity (Wildman–Crippen MR) is 211 cm³/mol. The van der Waals surface area contributed by atoms with Crippen LogP contribution in [0, 0.1) is 5.92 Å². The summed E-state index contributed by atoms with van der Waals surface area (Å²) in [6, 6.07) is -5.12. The van der Waals surface area contributed by atoms with E-state index in [1.165, 1.54) is 20.8 Å². The molecule has 0 bridgehead atoms. The van der Waals surface area contributed by atoms with Crippen LogP contribution >= 0.6 is 0 Å². The second-order valence-corrected chi connectivity index (χ2v) is 14.7. The maximum atomic E-state index is 13.8. The molecule has 24 heteroatoms. The first-order valence-electron chi connectivity index (χ1n) is 19.2. The van der Waals surface area contributed by atoms with Gasteiger partial charge in [0.15, 0.2) is 0 Å². The number of aliphatic carboxylic acids is 1. The van der Waals surface area contributed by atoms with Gasteiger partial charge in [-0.2, -0.15) is 0 Å². The van der Waals surface area contributed by atoms with Crippen molar-refractivity contribution in [3.05, 3.63) is 36.0 Å². The summed E-state index contributed by atoms with van der Waals surface area (Å²) in [7, 11) is 0. The van der Waals surface area contributed by atoms with Crippen LogP contribution in [0.3, 0.4) is 0 Å². The van der Waals surface area contributed by atoms with Crippen molar-refractivity contribution in [2.45, 2.75) is 94.5 Å². The number of nitrogens with zero attached hydrogens (tertiary/aromatic N) is 1. The molecule has 10 atom stereocenters. The molecule has 1 aliphatic heterocycles. The van der Waals surface area contributed by atoms with Gasteiger partial charge in [-0.3, -0.25) is 38.4 Å². The molecule has 1 aromatic heterocycles. The summed E-state index contributed by atoms with van der Waals surface area (Å²) >= 11 is 0. The van der Waals surface area contributed by atoms with Crippen LogP contribution in [-0.2, 0) is 49.6 Å². The number of hydrogen-bond acceptors (Lipinski definition) is 14. The summed E-state index contributed by atoms with van der Waals surface area (Å²) in [5, 5.41) is 63.4. The molecule has 1 aromatic carbocycles. The average Bonchev–Trinajstić information content (AvgIpc) is 3.81. The molecule has 0 aliphatic carbocycles. The number of benzene rings is 1. The minimum atomic E-state index is -1.86. The zero-order valence-corrected chi connectivity index (χ0v) is 33.6. The van der Waals surface area contributed by atoms with E-state index >= 15 is 0 Å². The van der Waals surface area contributed by atoms with Gasteiger partial charge < -0.3 is 78.8 Å². The van der Waals surface area contributed by atoms with Crippen molar-refractivity contribution in [3.63, 3.8) is 0 Å². The van der Waals surface area contributed by atoms with Crippen LogP contribution in [0.5, 0.6) is 0 Å². The quantitative estimate of drug-likeness (QED) is 0.0524. The maximum Gasteiger partial charge on any atom is 0.328 e. The molecule has 16 N–H and O–H groups in total. The fraction of sp³-hybridized carbons (Fsp3) is 0.541. The van der Waals surface area contributed by atoms with Crippen molar-refractivity contribution < 1.29 is 68.7 Å². The second kappa shape index (κ2) is 22.4. The van der Waals surface area contributed by atoms with Crippen LogP contribution < -0.4 is 43.4 Å². The van der Waals surface area contributed by atoms with Gasteiger partial charge in [0.25, 0.3) is 0 Å². The first-order chi connectivity index (χ1) is 28.7. The van der Waals surface area contributed by atoms with Crippen molar-refractivity contribution in [2.75, 3.05) is 26.4 Å². The number of rotatable bonds is 22. The normalized spacial score (nSPS) is 18.9. The highest BCUT2D eigenvalue weighted by molar-refractivity contribution is 5.99. The molecule has 61 heavy (non-hydrogen) atoms. The Balaban J connectivity index is 1.76. The summed E-state index contributed by atoms with van der Waals surface area (Å²) in [6.45, 7) is 1.00. The first-order valence-corrected chi connectivity index (χ1v) is 19.2. The number of hydrogen-bond donors (Lipinski definition) is 14. The van der Waals surface area contributed by atoms with Crippen LogP contribution in [0.2, 0.25) is 0 Å². The zero-order chi connectivity index (χ0) is 45.7. The fourth-order valence-corrected chi connectivity index (χ4v) is 6.39. The Morgan fingerprint density at radius 3 is 1.93 bits per heavy atom. The highest BCUT2D eigenvalue weighted by Crippen LogP contribution is 2.21. The van der Waals surface area contributed by atoms with Crippen LogP contribution in [-0.4, -0.2) is 169 Å². The molecule has 0 radical (unpaired) electrons. The largest absolute Gasteiger partial charge is 0.480 e. The predicted octanol–water partition coefficient (Wildman–Crippen LogP) is -6.48. The number of H-pyrrole nitrogens is 1. The van der Waals surface area contributed by atoms with Gasteiger partial charge in [0, 0.05) is 49.0 Å². The summed E-state index contributed by atoms with van der Waals surface area (Å²) in [5.74, 6) is -10.7. The van der Waals surface area contributed by atoms with Crippen molar-refractivity contribution >= 4 is 64.1 Å². The minimum Gasteiger partial charge on any atom is -0.480 e. The maximum absolute atomic E-state index is 13.8. The lowest BCUT2D eigenvalue weighted by Gasteiger charge is -2.28. The van der Waals surface area contributed by atoms with E-state index in [4.69, 9.17) is 11.5 Å². The molecule has 336 valence electrons. The van der Waals surface area contributed by atoms with Gasteiger partial charge in [-0.25, -0.2) is 4.79 Å². The number of carbonyl (C=O) groups excluding carboxylic acids is 8. The van der Waals surface area contributed by atoms with E-state index in [0.717, 1.165) is 4.90 Å². The molecule has 1 fully saturated rings. The number of carbonyl (C=O) groups is 9. The van der Waals surface area contributed by atoms with Gasteiger partial charge in [0.1, 0.15) is 42.3 Å². The van der Waals surface area contributed by atoms with Crippen molar-refractivity contribution in [3.8, 4) is 0 Å². The van der Waals surface area contributed by atoms with Crippen LogP contribution in [0.4, 0.5) is 0 Å². The number of aliphatic hydroxyl groups is 4. The Hall–Kier alpha value is -6.21. The number of nitrogens with one attached hydrogen (secondary N) is 7. The molecule has 2 aromatic rings. The highest BCUT2D eigenvalue weighted by Gasteiger charge is 2.41. The van der Waals surface area contributed by atoms with Crippen molar-refractivity contribution in [1.82, 2.24) is 41.8 Å².